The fourth-order valence-corrected chi connectivity index (χ4v) is 1.53. The second kappa shape index (κ2) is 6.88. The molecule has 0 saturated carbocycles. The highest BCUT2D eigenvalue weighted by atomic mass is 35.7. The molecule has 1 atom stereocenters. The molecular formula is C6H8ClN2O3P. The van der Waals surface area contributed by atoms with Gasteiger partial charge in [0.15, 0.2) is 0 Å². The highest BCUT2D eigenvalue weighted by Crippen LogP contribution is 2.53. The first kappa shape index (κ1) is 12.4. The number of halogens is 1. The Balaban J connectivity index is 3.63. The third kappa shape index (κ3) is 7.77. The lowest BCUT2D eigenvalue weighted by molar-refractivity contribution is 0.229. The molecule has 72 valence electrons. The van der Waals surface area contributed by atoms with E-state index in [0.29, 0.717) is 0 Å². The zero-order valence-electron chi connectivity index (χ0n) is 6.77. The van der Waals surface area contributed by atoms with Crippen molar-refractivity contribution < 1.29 is 13.6 Å². The van der Waals surface area contributed by atoms with E-state index in [2.05, 4.69) is 13.9 Å². The van der Waals surface area contributed by atoms with Gasteiger partial charge in [-0.3, -0.25) is 9.05 Å². The van der Waals surface area contributed by atoms with E-state index in [1.807, 2.05) is 0 Å². The smallest absolute Gasteiger partial charge is 0.314 e. The summed E-state index contributed by atoms with van der Waals surface area (Å²) in [5, 5.41) is 8.13. The van der Waals surface area contributed by atoms with Crippen molar-refractivity contribution in [2.75, 3.05) is 19.8 Å². The van der Waals surface area contributed by atoms with Crippen LogP contribution >= 0.6 is 18.2 Å². The van der Waals surface area contributed by atoms with E-state index in [4.69, 9.17) is 23.1 Å². The molecule has 0 aromatic heterocycles. The Morgan fingerprint density at radius 1 is 1.54 bits per heavy atom. The molecule has 0 heterocycles. The van der Waals surface area contributed by atoms with Gasteiger partial charge in [0.2, 0.25) is 6.54 Å². The molecule has 0 rings (SSSR count). The Labute approximate surface area is 81.3 Å². The molecule has 0 aliphatic heterocycles. The zero-order chi connectivity index (χ0) is 10.2. The summed E-state index contributed by atoms with van der Waals surface area (Å²) in [6, 6.07) is 1.80. The minimum Gasteiger partial charge on any atom is -0.314 e. The lowest BCUT2D eigenvalue weighted by atomic mass is 10.5. The van der Waals surface area contributed by atoms with Crippen molar-refractivity contribution in [1.82, 2.24) is 0 Å². The summed E-state index contributed by atoms with van der Waals surface area (Å²) in [5.41, 5.74) is 0. The molecule has 0 bridgehead atoms. The number of hydrogen-bond donors (Lipinski definition) is 0. The first-order valence-electron chi connectivity index (χ1n) is 3.41. The molecule has 0 radical (unpaired) electrons. The van der Waals surface area contributed by atoms with Crippen LogP contribution in [0, 0.1) is 17.9 Å². The topological polar surface area (TPSA) is 63.7 Å². The molecule has 13 heavy (non-hydrogen) atoms. The van der Waals surface area contributed by atoms with Crippen LogP contribution in [0.4, 0.5) is 0 Å². The summed E-state index contributed by atoms with van der Waals surface area (Å²) < 4.78 is 20.3. The second-order valence-electron chi connectivity index (χ2n) is 1.89. The minimum atomic E-state index is -3.57. The van der Waals surface area contributed by atoms with Crippen molar-refractivity contribution in [2.45, 2.75) is 6.42 Å². The molecule has 0 spiro atoms. The van der Waals surface area contributed by atoms with Gasteiger partial charge in [0.05, 0.1) is 19.1 Å². The normalized spacial score (nSPS) is 14.1. The quantitative estimate of drug-likeness (QED) is 0.393. The third-order valence-electron chi connectivity index (χ3n) is 0.908. The van der Waals surface area contributed by atoms with E-state index >= 15 is 0 Å². The van der Waals surface area contributed by atoms with E-state index in [1.54, 1.807) is 6.07 Å². The third-order valence-corrected chi connectivity index (χ3v) is 2.48. The van der Waals surface area contributed by atoms with Gasteiger partial charge in [-0.2, -0.15) is 5.26 Å². The van der Waals surface area contributed by atoms with Crippen LogP contribution in [0.3, 0.4) is 0 Å². The predicted molar refractivity (Wildman–Crippen MR) is 47.1 cm³/mol. The van der Waals surface area contributed by atoms with Gasteiger partial charge < -0.3 is 4.85 Å². The molecule has 0 fully saturated rings. The average Bonchev–Trinajstić information content (AvgIpc) is 2.05. The van der Waals surface area contributed by atoms with E-state index in [1.165, 1.54) is 0 Å². The predicted octanol–water partition coefficient (Wildman–Crippen LogP) is 2.20. The molecule has 7 heteroatoms. The summed E-state index contributed by atoms with van der Waals surface area (Å²) in [7, 11) is 0. The summed E-state index contributed by atoms with van der Waals surface area (Å²) in [5.74, 6) is 0. The van der Waals surface area contributed by atoms with Gasteiger partial charge in [-0.25, -0.2) is 11.1 Å². The van der Waals surface area contributed by atoms with Crippen molar-refractivity contribution in [1.29, 1.82) is 5.26 Å². The van der Waals surface area contributed by atoms with Crippen molar-refractivity contribution in [3.05, 3.63) is 11.4 Å². The molecule has 0 N–H and O–H groups in total. The second-order valence-corrected chi connectivity index (χ2v) is 4.51. The summed E-state index contributed by atoms with van der Waals surface area (Å²) in [6.45, 7) is 2.85. The van der Waals surface area contributed by atoms with E-state index in [0.717, 1.165) is 0 Å². The Morgan fingerprint density at radius 3 is 2.69 bits per heavy atom. The van der Waals surface area contributed by atoms with Crippen LogP contribution in [0.2, 0.25) is 0 Å². The summed E-state index contributed by atoms with van der Waals surface area (Å²) in [6.07, 6.45) is 0.100. The number of hydrogen-bond acceptors (Lipinski definition) is 4. The number of nitrogens with zero attached hydrogens (tertiary/aromatic N) is 2. The van der Waals surface area contributed by atoms with Crippen LogP contribution in [0.25, 0.3) is 4.85 Å². The van der Waals surface area contributed by atoms with Gasteiger partial charge >= 0.3 is 6.95 Å². The fourth-order valence-electron chi connectivity index (χ4n) is 0.433. The molecule has 0 aromatic rings. The maximum absolute atomic E-state index is 11.1. The molecule has 5 nitrogen and oxygen atoms in total. The Morgan fingerprint density at radius 2 is 2.15 bits per heavy atom. The standard InChI is InChI=1S/C6H8ClN2O3P/c1-9-4-6-12-13(7,10)11-5-2-3-8/h2,4-6H2. The average molecular weight is 223 g/mol. The van der Waals surface area contributed by atoms with Crippen molar-refractivity contribution in [3.8, 4) is 6.07 Å². The van der Waals surface area contributed by atoms with Crippen molar-refractivity contribution in [3.63, 3.8) is 0 Å². The largest absolute Gasteiger partial charge is 0.424 e. The van der Waals surface area contributed by atoms with Crippen LogP contribution in [0.15, 0.2) is 0 Å². The fraction of sp³-hybridized carbons (Fsp3) is 0.667. The molecule has 0 aliphatic carbocycles. The summed E-state index contributed by atoms with van der Waals surface area (Å²) in [4.78, 5) is 2.97. The van der Waals surface area contributed by atoms with Crippen LogP contribution < -0.4 is 0 Å². The van der Waals surface area contributed by atoms with Crippen LogP contribution in [-0.4, -0.2) is 19.8 Å². The van der Waals surface area contributed by atoms with Gasteiger partial charge in [-0.15, -0.1) is 0 Å². The van der Waals surface area contributed by atoms with Gasteiger partial charge in [0, 0.05) is 11.2 Å². The zero-order valence-corrected chi connectivity index (χ0v) is 8.42. The lowest BCUT2D eigenvalue weighted by Gasteiger charge is -2.07. The van der Waals surface area contributed by atoms with E-state index in [-0.39, 0.29) is 26.2 Å². The monoisotopic (exact) mass is 222 g/mol. The summed E-state index contributed by atoms with van der Waals surface area (Å²) >= 11 is 5.31. The van der Waals surface area contributed by atoms with Gasteiger partial charge in [-0.1, -0.05) is 0 Å². The van der Waals surface area contributed by atoms with Gasteiger partial charge in [0.1, 0.15) is 6.61 Å². The first-order valence-corrected chi connectivity index (χ1v) is 5.86. The SMILES string of the molecule is [C-]#[N+]CCOP(=O)(Cl)OCCC#N. The Bertz CT molecular complexity index is 246. The molecular weight excluding hydrogens is 215 g/mol. The van der Waals surface area contributed by atoms with E-state index in [9.17, 15) is 4.57 Å². The highest BCUT2D eigenvalue weighted by Gasteiger charge is 2.20. The molecule has 1 unspecified atom stereocenters. The molecule has 0 amide bonds. The Hall–Kier alpha value is -0.580. The van der Waals surface area contributed by atoms with Crippen LogP contribution in [-0.2, 0) is 13.6 Å². The van der Waals surface area contributed by atoms with Crippen molar-refractivity contribution >= 4 is 18.2 Å². The lowest BCUT2D eigenvalue weighted by Crippen LogP contribution is -1.96. The molecule has 0 aliphatic rings. The van der Waals surface area contributed by atoms with Gasteiger partial charge in [-0.05, 0) is 0 Å². The van der Waals surface area contributed by atoms with Crippen molar-refractivity contribution in [2.24, 2.45) is 0 Å². The van der Waals surface area contributed by atoms with Gasteiger partial charge in [0.25, 0.3) is 0 Å². The van der Waals surface area contributed by atoms with Crippen LogP contribution in [0.1, 0.15) is 6.42 Å². The number of nitriles is 1. The maximum atomic E-state index is 11.1. The molecule has 0 saturated heterocycles. The minimum absolute atomic E-state index is 0.0309. The van der Waals surface area contributed by atoms with Crippen LogP contribution in [0.5, 0.6) is 0 Å². The molecule has 0 aromatic carbocycles. The first-order chi connectivity index (χ1) is 6.12. The van der Waals surface area contributed by atoms with E-state index < -0.39 is 6.95 Å². The Kier molecular flexibility index (Phi) is 6.58. The number of rotatable bonds is 6. The highest BCUT2D eigenvalue weighted by molar-refractivity contribution is 7.81. The maximum Gasteiger partial charge on any atom is 0.424 e.